The topological polar surface area (TPSA) is 88.9 Å². The van der Waals surface area contributed by atoms with Gasteiger partial charge in [-0.05, 0) is 34.1 Å². The molecule has 2 N–H and O–H groups in total. The van der Waals surface area contributed by atoms with Gasteiger partial charge in [-0.2, -0.15) is 5.10 Å². The molecule has 2 aromatic heterocycles. The highest BCUT2D eigenvalue weighted by atomic mass is 32.1. The van der Waals surface area contributed by atoms with Crippen molar-refractivity contribution in [2.75, 3.05) is 5.32 Å². The van der Waals surface area contributed by atoms with Gasteiger partial charge in [-0.15, -0.1) is 11.3 Å². The minimum atomic E-state index is -0.698. The molecule has 0 saturated carbocycles. The zero-order valence-corrected chi connectivity index (χ0v) is 15.5. The number of thiazole rings is 1. The van der Waals surface area contributed by atoms with Gasteiger partial charge in [0.2, 0.25) is 0 Å². The predicted octanol–water partition coefficient (Wildman–Crippen LogP) is 2.35. The summed E-state index contributed by atoms with van der Waals surface area (Å²) in [5.74, 6) is -1.38. The van der Waals surface area contributed by atoms with Crippen molar-refractivity contribution >= 4 is 28.8 Å². The van der Waals surface area contributed by atoms with Crippen LogP contribution in [0.15, 0.2) is 6.20 Å². The predicted molar refractivity (Wildman–Crippen MR) is 94.1 cm³/mol. The Bertz CT molecular complexity index is 750. The van der Waals surface area contributed by atoms with E-state index in [4.69, 9.17) is 0 Å². The van der Waals surface area contributed by atoms with Gasteiger partial charge in [0.1, 0.15) is 5.01 Å². The van der Waals surface area contributed by atoms with Gasteiger partial charge in [0.25, 0.3) is 0 Å². The van der Waals surface area contributed by atoms with Crippen LogP contribution in [0.4, 0.5) is 5.69 Å². The molecule has 0 fully saturated rings. The minimum absolute atomic E-state index is 0.311. The zero-order chi connectivity index (χ0) is 17.9. The third-order valence-corrected chi connectivity index (χ3v) is 5.09. The number of carbonyl (C=O) groups excluding carboxylic acids is 2. The lowest BCUT2D eigenvalue weighted by Crippen LogP contribution is -2.37. The van der Waals surface area contributed by atoms with Crippen LogP contribution >= 0.6 is 11.3 Å². The fourth-order valence-corrected chi connectivity index (χ4v) is 3.23. The Labute approximate surface area is 145 Å². The number of amides is 2. The summed E-state index contributed by atoms with van der Waals surface area (Å²) in [4.78, 5) is 29.7. The molecule has 2 amide bonds. The normalized spacial score (nSPS) is 12.0. The molecule has 0 aliphatic carbocycles. The van der Waals surface area contributed by atoms with Crippen LogP contribution in [0, 0.1) is 13.8 Å². The molecular formula is C16H23N5O2S. The summed E-state index contributed by atoms with van der Waals surface area (Å²) in [7, 11) is 0. The highest BCUT2D eigenvalue weighted by Gasteiger charge is 2.21. The van der Waals surface area contributed by atoms with Gasteiger partial charge in [0.15, 0.2) is 0 Å². The number of aromatic nitrogens is 3. The van der Waals surface area contributed by atoms with Crippen molar-refractivity contribution in [3.05, 3.63) is 27.5 Å². The molecule has 0 unspecified atom stereocenters. The van der Waals surface area contributed by atoms with Gasteiger partial charge in [-0.1, -0.05) is 6.92 Å². The molecule has 0 saturated heterocycles. The van der Waals surface area contributed by atoms with E-state index in [0.717, 1.165) is 22.0 Å². The lowest BCUT2D eigenvalue weighted by Gasteiger charge is -2.11. The fourth-order valence-electron chi connectivity index (χ4n) is 2.37. The van der Waals surface area contributed by atoms with Crippen LogP contribution in [0.1, 0.15) is 48.1 Å². The molecule has 2 rings (SSSR count). The molecule has 7 nitrogen and oxygen atoms in total. The number of hydrogen-bond donors (Lipinski definition) is 2. The first-order valence-corrected chi connectivity index (χ1v) is 8.79. The molecule has 24 heavy (non-hydrogen) atoms. The van der Waals surface area contributed by atoms with Crippen LogP contribution in [0.25, 0.3) is 0 Å². The first kappa shape index (κ1) is 18.1. The lowest BCUT2D eigenvalue weighted by atomic mass is 10.3. The monoisotopic (exact) mass is 349 g/mol. The number of nitrogens with one attached hydrogen (secondary N) is 2. The lowest BCUT2D eigenvalue weighted by molar-refractivity contribution is -0.136. The molecule has 130 valence electrons. The number of rotatable bonds is 5. The second kappa shape index (κ2) is 7.57. The van der Waals surface area contributed by atoms with Gasteiger partial charge in [-0.25, -0.2) is 4.98 Å². The Balaban J connectivity index is 2.02. The van der Waals surface area contributed by atoms with E-state index >= 15 is 0 Å². The summed E-state index contributed by atoms with van der Waals surface area (Å²) in [6.07, 6.45) is 2.70. The van der Waals surface area contributed by atoms with Crippen LogP contribution in [0.5, 0.6) is 0 Å². The van der Waals surface area contributed by atoms with Crippen molar-refractivity contribution in [1.82, 2.24) is 20.1 Å². The summed E-state index contributed by atoms with van der Waals surface area (Å²) in [5.41, 5.74) is 2.11. The van der Waals surface area contributed by atoms with Crippen LogP contribution in [0.2, 0.25) is 0 Å². The zero-order valence-electron chi connectivity index (χ0n) is 14.6. The number of anilines is 1. The quantitative estimate of drug-likeness (QED) is 0.811. The Kier molecular flexibility index (Phi) is 5.71. The molecule has 2 aromatic rings. The molecular weight excluding hydrogens is 326 g/mol. The maximum Gasteiger partial charge on any atom is 0.313 e. The number of nitrogens with zero attached hydrogens (tertiary/aromatic N) is 3. The van der Waals surface area contributed by atoms with Crippen LogP contribution in [-0.4, -0.2) is 26.6 Å². The second-order valence-corrected chi connectivity index (χ2v) is 6.68. The largest absolute Gasteiger partial charge is 0.339 e. The van der Waals surface area contributed by atoms with Gasteiger partial charge < -0.3 is 10.6 Å². The molecule has 0 aliphatic rings. The van der Waals surface area contributed by atoms with E-state index < -0.39 is 11.8 Å². The van der Waals surface area contributed by atoms with Crippen molar-refractivity contribution in [3.63, 3.8) is 0 Å². The number of hydrogen-bond acceptors (Lipinski definition) is 5. The average Bonchev–Trinajstić information content (AvgIpc) is 3.14. The van der Waals surface area contributed by atoms with E-state index in [1.165, 1.54) is 11.3 Å². The summed E-state index contributed by atoms with van der Waals surface area (Å²) in [6.45, 7) is 10.2. The van der Waals surface area contributed by atoms with Gasteiger partial charge >= 0.3 is 11.8 Å². The SMILES string of the molecule is CCc1cnc([C@H](C)NC(=O)C(=O)Nc2c(C)nn(CC)c2C)s1. The Hall–Kier alpha value is -2.22. The smallest absolute Gasteiger partial charge is 0.313 e. The Morgan fingerprint density at radius 2 is 2.00 bits per heavy atom. The summed E-state index contributed by atoms with van der Waals surface area (Å²) >= 11 is 1.54. The number of aryl methyl sites for hydroxylation is 3. The second-order valence-electron chi connectivity index (χ2n) is 5.53. The molecule has 2 heterocycles. The van der Waals surface area contributed by atoms with Crippen molar-refractivity contribution < 1.29 is 9.59 Å². The molecule has 0 spiro atoms. The van der Waals surface area contributed by atoms with Crippen molar-refractivity contribution in [1.29, 1.82) is 0 Å². The first-order chi connectivity index (χ1) is 11.4. The van der Waals surface area contributed by atoms with Gasteiger partial charge in [-0.3, -0.25) is 14.3 Å². The van der Waals surface area contributed by atoms with Crippen LogP contribution < -0.4 is 10.6 Å². The molecule has 0 aromatic carbocycles. The van der Waals surface area contributed by atoms with E-state index in [1.807, 2.05) is 20.8 Å². The maximum atomic E-state index is 12.2. The van der Waals surface area contributed by atoms with Crippen LogP contribution in [0.3, 0.4) is 0 Å². The van der Waals surface area contributed by atoms with Gasteiger partial charge in [0.05, 0.1) is 23.1 Å². The van der Waals surface area contributed by atoms with E-state index in [2.05, 4.69) is 27.6 Å². The van der Waals surface area contributed by atoms with E-state index in [-0.39, 0.29) is 6.04 Å². The van der Waals surface area contributed by atoms with E-state index in [1.54, 1.807) is 17.8 Å². The summed E-state index contributed by atoms with van der Waals surface area (Å²) in [6, 6.07) is -0.311. The Morgan fingerprint density at radius 3 is 2.54 bits per heavy atom. The highest BCUT2D eigenvalue weighted by molar-refractivity contribution is 7.11. The third kappa shape index (κ3) is 3.81. The Morgan fingerprint density at radius 1 is 1.29 bits per heavy atom. The van der Waals surface area contributed by atoms with Crippen molar-refractivity contribution in [2.24, 2.45) is 0 Å². The fraction of sp³-hybridized carbons (Fsp3) is 0.500. The third-order valence-electron chi connectivity index (χ3n) is 3.76. The molecule has 1 atom stereocenters. The first-order valence-electron chi connectivity index (χ1n) is 7.97. The molecule has 8 heteroatoms. The van der Waals surface area contributed by atoms with E-state index in [9.17, 15) is 9.59 Å². The number of carbonyl (C=O) groups is 2. The van der Waals surface area contributed by atoms with E-state index in [0.29, 0.717) is 17.9 Å². The maximum absolute atomic E-state index is 12.2. The molecule has 0 bridgehead atoms. The van der Waals surface area contributed by atoms with Gasteiger partial charge in [0, 0.05) is 17.6 Å². The summed E-state index contributed by atoms with van der Waals surface area (Å²) in [5, 5.41) is 10.5. The minimum Gasteiger partial charge on any atom is -0.339 e. The van der Waals surface area contributed by atoms with Crippen LogP contribution in [-0.2, 0) is 22.6 Å². The average molecular weight is 349 g/mol. The standard InChI is InChI=1S/C16H23N5O2S/c1-6-12-8-17-16(24-12)10(4)18-14(22)15(23)19-13-9(3)20-21(7-2)11(13)5/h8,10H,6-7H2,1-5H3,(H,18,22)(H,19,23)/t10-/m0/s1. The van der Waals surface area contributed by atoms with Crippen molar-refractivity contribution in [3.8, 4) is 0 Å². The molecule has 0 aliphatic heterocycles. The van der Waals surface area contributed by atoms with Crippen molar-refractivity contribution in [2.45, 2.75) is 53.6 Å². The summed E-state index contributed by atoms with van der Waals surface area (Å²) < 4.78 is 1.79. The highest BCUT2D eigenvalue weighted by Crippen LogP contribution is 2.21. The molecule has 0 radical (unpaired) electrons.